The predicted molar refractivity (Wildman–Crippen MR) is 85.1 cm³/mol. The second-order valence-electron chi connectivity index (χ2n) is 6.79. The van der Waals surface area contributed by atoms with Gasteiger partial charge in [0.15, 0.2) is 0 Å². The second kappa shape index (κ2) is 6.69. The van der Waals surface area contributed by atoms with Crippen LogP contribution >= 0.6 is 0 Å². The lowest BCUT2D eigenvalue weighted by Crippen LogP contribution is -2.38. The Morgan fingerprint density at radius 2 is 2.13 bits per heavy atom. The van der Waals surface area contributed by atoms with Crippen LogP contribution in [0.4, 0.5) is 4.39 Å². The maximum atomic E-state index is 13.2. The Morgan fingerprint density at radius 1 is 1.35 bits per heavy atom. The third-order valence-corrected chi connectivity index (χ3v) is 5.28. The Balaban J connectivity index is 1.52. The topological polar surface area (TPSA) is 49.4 Å². The zero-order chi connectivity index (χ0) is 16.4. The standard InChI is InChI=1S/C18H23FN2O2/c1-21(16-8-13-10-17(22)20-11-14(13)9-16)18(23)6-5-12-3-2-4-15(19)7-12/h2-4,7,13-14,16H,5-6,8-11H2,1H3,(H,20,22)/t13-,14+,16-/m1/s1. The van der Waals surface area contributed by atoms with Crippen LogP contribution in [-0.2, 0) is 16.0 Å². The maximum absolute atomic E-state index is 13.2. The molecule has 23 heavy (non-hydrogen) atoms. The number of amides is 2. The van der Waals surface area contributed by atoms with Crippen molar-refractivity contribution in [2.75, 3.05) is 13.6 Å². The summed E-state index contributed by atoms with van der Waals surface area (Å²) in [7, 11) is 1.85. The van der Waals surface area contributed by atoms with Gasteiger partial charge in [0.1, 0.15) is 5.82 Å². The Labute approximate surface area is 136 Å². The molecule has 3 rings (SSSR count). The average molecular weight is 318 g/mol. The Hall–Kier alpha value is -1.91. The SMILES string of the molecule is CN(C(=O)CCc1cccc(F)c1)[C@H]1C[C@H]2CNC(=O)C[C@H]2C1. The first kappa shape index (κ1) is 16.0. The largest absolute Gasteiger partial charge is 0.356 e. The number of nitrogens with zero attached hydrogens (tertiary/aromatic N) is 1. The molecular weight excluding hydrogens is 295 g/mol. The Morgan fingerprint density at radius 3 is 2.91 bits per heavy atom. The number of rotatable bonds is 4. The second-order valence-corrected chi connectivity index (χ2v) is 6.79. The van der Waals surface area contributed by atoms with E-state index in [0.29, 0.717) is 31.1 Å². The van der Waals surface area contributed by atoms with Crippen LogP contribution in [0.3, 0.4) is 0 Å². The zero-order valence-corrected chi connectivity index (χ0v) is 13.4. The third-order valence-electron chi connectivity index (χ3n) is 5.28. The first-order chi connectivity index (χ1) is 11.0. The molecule has 0 radical (unpaired) electrons. The van der Waals surface area contributed by atoms with Gasteiger partial charge in [-0.25, -0.2) is 4.39 Å². The van der Waals surface area contributed by atoms with E-state index in [0.717, 1.165) is 24.9 Å². The van der Waals surface area contributed by atoms with Crippen LogP contribution in [-0.4, -0.2) is 36.3 Å². The lowest BCUT2D eigenvalue weighted by molar-refractivity contribution is -0.131. The molecule has 0 bridgehead atoms. The van der Waals surface area contributed by atoms with Crippen molar-refractivity contribution in [1.82, 2.24) is 10.2 Å². The highest BCUT2D eigenvalue weighted by molar-refractivity contribution is 5.78. The molecule has 2 fully saturated rings. The lowest BCUT2D eigenvalue weighted by atomic mass is 9.89. The average Bonchev–Trinajstić information content (AvgIpc) is 2.95. The molecule has 2 aliphatic rings. The van der Waals surface area contributed by atoms with Gasteiger partial charge < -0.3 is 10.2 Å². The van der Waals surface area contributed by atoms with Crippen molar-refractivity contribution in [3.8, 4) is 0 Å². The van der Waals surface area contributed by atoms with E-state index >= 15 is 0 Å². The molecule has 0 aromatic heterocycles. The number of aryl methyl sites for hydroxylation is 1. The van der Waals surface area contributed by atoms with E-state index in [1.807, 2.05) is 18.0 Å². The van der Waals surface area contributed by atoms with Gasteiger partial charge in [0, 0.05) is 32.5 Å². The highest BCUT2D eigenvalue weighted by Gasteiger charge is 2.40. The summed E-state index contributed by atoms with van der Waals surface area (Å²) >= 11 is 0. The summed E-state index contributed by atoms with van der Waals surface area (Å²) in [5.41, 5.74) is 0.849. The number of hydrogen-bond donors (Lipinski definition) is 1. The molecule has 0 spiro atoms. The molecule has 0 unspecified atom stereocenters. The number of fused-ring (bicyclic) bond motifs is 1. The van der Waals surface area contributed by atoms with Gasteiger partial charge in [-0.2, -0.15) is 0 Å². The van der Waals surface area contributed by atoms with Gasteiger partial charge in [-0.05, 0) is 48.8 Å². The van der Waals surface area contributed by atoms with Gasteiger partial charge in [-0.1, -0.05) is 12.1 Å². The number of halogens is 1. The summed E-state index contributed by atoms with van der Waals surface area (Å²) < 4.78 is 13.2. The van der Waals surface area contributed by atoms with Gasteiger partial charge in [0.05, 0.1) is 0 Å². The molecule has 1 saturated heterocycles. The quantitative estimate of drug-likeness (QED) is 0.924. The summed E-state index contributed by atoms with van der Waals surface area (Å²) in [6, 6.07) is 6.63. The van der Waals surface area contributed by atoms with Crippen molar-refractivity contribution >= 4 is 11.8 Å². The highest BCUT2D eigenvalue weighted by Crippen LogP contribution is 2.38. The Bertz CT molecular complexity index is 604. The van der Waals surface area contributed by atoms with E-state index in [2.05, 4.69) is 5.32 Å². The molecule has 1 aromatic carbocycles. The summed E-state index contributed by atoms with van der Waals surface area (Å²) in [6.45, 7) is 0.741. The fourth-order valence-electron chi connectivity index (χ4n) is 3.88. The minimum absolute atomic E-state index is 0.0946. The molecule has 1 heterocycles. The molecule has 1 aliphatic carbocycles. The smallest absolute Gasteiger partial charge is 0.222 e. The molecule has 1 aliphatic heterocycles. The zero-order valence-electron chi connectivity index (χ0n) is 13.4. The lowest BCUT2D eigenvalue weighted by Gasteiger charge is -2.25. The molecule has 2 amide bonds. The summed E-state index contributed by atoms with van der Waals surface area (Å²) in [5, 5.41) is 2.92. The van der Waals surface area contributed by atoms with E-state index in [1.54, 1.807) is 6.07 Å². The normalized spacial score (nSPS) is 26.5. The number of piperidine rings is 1. The van der Waals surface area contributed by atoms with Gasteiger partial charge in [-0.15, -0.1) is 0 Å². The summed E-state index contributed by atoms with van der Waals surface area (Å²) in [6.07, 6.45) is 3.42. The molecule has 3 atom stereocenters. The van der Waals surface area contributed by atoms with Crippen molar-refractivity contribution in [1.29, 1.82) is 0 Å². The van der Waals surface area contributed by atoms with Crippen LogP contribution in [0.15, 0.2) is 24.3 Å². The maximum Gasteiger partial charge on any atom is 0.222 e. The van der Waals surface area contributed by atoms with Gasteiger partial charge in [-0.3, -0.25) is 9.59 Å². The van der Waals surface area contributed by atoms with Crippen LogP contribution < -0.4 is 5.32 Å². The van der Waals surface area contributed by atoms with Gasteiger partial charge in [0.2, 0.25) is 11.8 Å². The van der Waals surface area contributed by atoms with Crippen molar-refractivity contribution in [2.24, 2.45) is 11.8 Å². The van der Waals surface area contributed by atoms with E-state index in [1.165, 1.54) is 12.1 Å². The first-order valence-electron chi connectivity index (χ1n) is 8.29. The molecule has 1 aromatic rings. The third kappa shape index (κ3) is 3.71. The monoisotopic (exact) mass is 318 g/mol. The minimum Gasteiger partial charge on any atom is -0.356 e. The van der Waals surface area contributed by atoms with E-state index in [-0.39, 0.29) is 23.7 Å². The molecule has 4 nitrogen and oxygen atoms in total. The Kier molecular flexibility index (Phi) is 4.64. The van der Waals surface area contributed by atoms with Crippen LogP contribution in [0, 0.1) is 17.7 Å². The van der Waals surface area contributed by atoms with Crippen LogP contribution in [0.25, 0.3) is 0 Å². The number of benzene rings is 1. The highest BCUT2D eigenvalue weighted by atomic mass is 19.1. The van der Waals surface area contributed by atoms with Crippen LogP contribution in [0.5, 0.6) is 0 Å². The van der Waals surface area contributed by atoms with Crippen molar-refractivity contribution in [2.45, 2.75) is 38.1 Å². The van der Waals surface area contributed by atoms with Crippen molar-refractivity contribution in [3.05, 3.63) is 35.6 Å². The fourth-order valence-corrected chi connectivity index (χ4v) is 3.88. The van der Waals surface area contributed by atoms with E-state index in [9.17, 15) is 14.0 Å². The van der Waals surface area contributed by atoms with Crippen LogP contribution in [0.1, 0.15) is 31.2 Å². The molecule has 1 saturated carbocycles. The molecule has 1 N–H and O–H groups in total. The molecular formula is C18H23FN2O2. The number of carbonyl (C=O) groups excluding carboxylic acids is 2. The van der Waals surface area contributed by atoms with Crippen molar-refractivity contribution in [3.63, 3.8) is 0 Å². The summed E-state index contributed by atoms with van der Waals surface area (Å²) in [4.78, 5) is 25.7. The molecule has 124 valence electrons. The minimum atomic E-state index is -0.264. The van der Waals surface area contributed by atoms with Gasteiger partial charge >= 0.3 is 0 Å². The van der Waals surface area contributed by atoms with Gasteiger partial charge in [0.25, 0.3) is 0 Å². The van der Waals surface area contributed by atoms with Crippen LogP contribution in [0.2, 0.25) is 0 Å². The molecule has 5 heteroatoms. The number of nitrogens with one attached hydrogen (secondary N) is 1. The fraction of sp³-hybridized carbons (Fsp3) is 0.556. The number of carbonyl (C=O) groups is 2. The summed E-state index contributed by atoms with van der Waals surface area (Å²) in [5.74, 6) is 0.868. The van der Waals surface area contributed by atoms with Crippen molar-refractivity contribution < 1.29 is 14.0 Å². The number of hydrogen-bond acceptors (Lipinski definition) is 2. The van der Waals surface area contributed by atoms with E-state index in [4.69, 9.17) is 0 Å². The first-order valence-corrected chi connectivity index (χ1v) is 8.29. The predicted octanol–water partition coefficient (Wildman–Crippen LogP) is 2.13. The van der Waals surface area contributed by atoms with E-state index < -0.39 is 0 Å².